The van der Waals surface area contributed by atoms with Crippen molar-refractivity contribution in [3.8, 4) is 0 Å². The minimum atomic E-state index is -0.177. The first kappa shape index (κ1) is 19.7. The Morgan fingerprint density at radius 1 is 1.44 bits per heavy atom. The molecule has 0 bridgehead atoms. The zero-order chi connectivity index (χ0) is 18.2. The summed E-state index contributed by atoms with van der Waals surface area (Å²) >= 11 is 3.27. The van der Waals surface area contributed by atoms with Crippen molar-refractivity contribution >= 4 is 27.9 Å². The van der Waals surface area contributed by atoms with Crippen LogP contribution in [0.2, 0.25) is 0 Å². The lowest BCUT2D eigenvalue weighted by Crippen LogP contribution is -2.46. The summed E-state index contributed by atoms with van der Waals surface area (Å²) < 4.78 is 19.4. The summed E-state index contributed by atoms with van der Waals surface area (Å²) in [6.45, 7) is 2.28. The van der Waals surface area contributed by atoms with Crippen LogP contribution in [0.4, 0.5) is 4.39 Å². The Balaban J connectivity index is 1.75. The summed E-state index contributed by atoms with van der Waals surface area (Å²) in [6, 6.07) is 5.16. The molecule has 1 N–H and O–H groups in total. The molecule has 1 aliphatic heterocycles. The minimum absolute atomic E-state index is 0.0141. The standard InChI is InChI=1S/C18H25BrFN3O2/c1-21-18(23-10-7-14(8-11-23)17(24)25-2)22-9-3-4-13-5-6-15(19)12-16(13)20/h5-6,12,14H,3-4,7-11H2,1-2H3,(H,21,22). The highest BCUT2D eigenvalue weighted by Gasteiger charge is 2.26. The summed E-state index contributed by atoms with van der Waals surface area (Å²) in [5, 5.41) is 3.33. The molecule has 0 aliphatic carbocycles. The number of nitrogens with one attached hydrogen (secondary N) is 1. The number of halogens is 2. The SMILES string of the molecule is CN=C(NCCCc1ccc(Br)cc1F)N1CCC(C(=O)OC)CC1. The second kappa shape index (κ2) is 9.75. The summed E-state index contributed by atoms with van der Waals surface area (Å²) in [5.74, 6) is 0.516. The fraction of sp³-hybridized carbons (Fsp3) is 0.556. The van der Waals surface area contributed by atoms with E-state index in [4.69, 9.17) is 4.74 Å². The maximum Gasteiger partial charge on any atom is 0.308 e. The van der Waals surface area contributed by atoms with Crippen LogP contribution in [0.25, 0.3) is 0 Å². The fourth-order valence-electron chi connectivity index (χ4n) is 3.03. The van der Waals surface area contributed by atoms with Gasteiger partial charge in [0.1, 0.15) is 5.82 Å². The van der Waals surface area contributed by atoms with Crippen LogP contribution in [0.3, 0.4) is 0 Å². The number of ether oxygens (including phenoxy) is 1. The van der Waals surface area contributed by atoms with Gasteiger partial charge in [0.15, 0.2) is 5.96 Å². The molecule has 138 valence electrons. The van der Waals surface area contributed by atoms with Gasteiger partial charge in [0.25, 0.3) is 0 Å². The molecule has 0 saturated carbocycles. The predicted molar refractivity (Wildman–Crippen MR) is 100 cm³/mol. The molecule has 1 heterocycles. The van der Waals surface area contributed by atoms with Crippen molar-refractivity contribution in [2.45, 2.75) is 25.7 Å². The molecule has 2 rings (SSSR count). The van der Waals surface area contributed by atoms with E-state index in [1.54, 1.807) is 7.05 Å². The molecule has 5 nitrogen and oxygen atoms in total. The molecular formula is C18H25BrFN3O2. The summed E-state index contributed by atoms with van der Waals surface area (Å²) in [7, 11) is 3.19. The third kappa shape index (κ3) is 5.70. The number of likely N-dealkylation sites (tertiary alicyclic amines) is 1. The lowest BCUT2D eigenvalue weighted by atomic mass is 9.97. The molecule has 0 unspecified atom stereocenters. The number of carbonyl (C=O) groups excluding carboxylic acids is 1. The third-order valence-corrected chi connectivity index (χ3v) is 4.96. The van der Waals surface area contributed by atoms with Crippen LogP contribution < -0.4 is 5.32 Å². The second-order valence-corrected chi connectivity index (χ2v) is 7.01. The van der Waals surface area contributed by atoms with Gasteiger partial charge in [-0.2, -0.15) is 0 Å². The van der Waals surface area contributed by atoms with Gasteiger partial charge in [-0.25, -0.2) is 4.39 Å². The van der Waals surface area contributed by atoms with E-state index in [-0.39, 0.29) is 17.7 Å². The molecule has 0 radical (unpaired) electrons. The fourth-order valence-corrected chi connectivity index (χ4v) is 3.36. The van der Waals surface area contributed by atoms with Crippen LogP contribution in [0.1, 0.15) is 24.8 Å². The topological polar surface area (TPSA) is 53.9 Å². The van der Waals surface area contributed by atoms with E-state index >= 15 is 0 Å². The number of hydrogen-bond acceptors (Lipinski definition) is 3. The first-order valence-electron chi connectivity index (χ1n) is 8.52. The lowest BCUT2D eigenvalue weighted by molar-refractivity contribution is -0.146. The Labute approximate surface area is 156 Å². The Kier molecular flexibility index (Phi) is 7.68. The predicted octanol–water partition coefficient (Wildman–Crippen LogP) is 2.98. The molecule has 0 spiro atoms. The monoisotopic (exact) mass is 413 g/mol. The van der Waals surface area contributed by atoms with Gasteiger partial charge in [-0.15, -0.1) is 0 Å². The molecule has 1 aromatic carbocycles. The second-order valence-electron chi connectivity index (χ2n) is 6.10. The van der Waals surface area contributed by atoms with E-state index < -0.39 is 0 Å². The Hall–Kier alpha value is -1.63. The zero-order valence-electron chi connectivity index (χ0n) is 14.7. The average molecular weight is 414 g/mol. The number of methoxy groups -OCH3 is 1. The average Bonchev–Trinajstić information content (AvgIpc) is 2.63. The van der Waals surface area contributed by atoms with Crippen molar-refractivity contribution in [1.82, 2.24) is 10.2 Å². The maximum atomic E-state index is 13.8. The molecule has 7 heteroatoms. The van der Waals surface area contributed by atoms with Crippen LogP contribution in [0, 0.1) is 11.7 Å². The van der Waals surface area contributed by atoms with Crippen LogP contribution in [0.15, 0.2) is 27.7 Å². The van der Waals surface area contributed by atoms with E-state index in [0.29, 0.717) is 6.42 Å². The van der Waals surface area contributed by atoms with E-state index in [2.05, 4.69) is 31.1 Å². The number of nitrogens with zero attached hydrogens (tertiary/aromatic N) is 2. The van der Waals surface area contributed by atoms with Crippen LogP contribution in [0.5, 0.6) is 0 Å². The number of aliphatic imine (C=N–C) groups is 1. The smallest absolute Gasteiger partial charge is 0.308 e. The summed E-state index contributed by atoms with van der Waals surface area (Å²) in [5.41, 5.74) is 0.721. The molecule has 1 fully saturated rings. The van der Waals surface area contributed by atoms with Gasteiger partial charge in [0.05, 0.1) is 13.0 Å². The highest BCUT2D eigenvalue weighted by atomic mass is 79.9. The Morgan fingerprint density at radius 2 is 2.16 bits per heavy atom. The van der Waals surface area contributed by atoms with Crippen molar-refractivity contribution in [3.63, 3.8) is 0 Å². The molecule has 1 aromatic rings. The highest BCUT2D eigenvalue weighted by Crippen LogP contribution is 2.19. The Bertz CT molecular complexity index is 616. The van der Waals surface area contributed by atoms with Crippen molar-refractivity contribution < 1.29 is 13.9 Å². The van der Waals surface area contributed by atoms with E-state index in [0.717, 1.165) is 54.9 Å². The molecule has 1 saturated heterocycles. The van der Waals surface area contributed by atoms with Gasteiger partial charge in [-0.1, -0.05) is 22.0 Å². The summed E-state index contributed by atoms with van der Waals surface area (Å²) in [6.07, 6.45) is 3.04. The van der Waals surface area contributed by atoms with Crippen molar-refractivity contribution in [2.24, 2.45) is 10.9 Å². The zero-order valence-corrected chi connectivity index (χ0v) is 16.3. The molecule has 0 aromatic heterocycles. The van der Waals surface area contributed by atoms with E-state index in [1.807, 2.05) is 12.1 Å². The van der Waals surface area contributed by atoms with Crippen LogP contribution in [-0.2, 0) is 16.0 Å². The van der Waals surface area contributed by atoms with Gasteiger partial charge in [-0.05, 0) is 43.4 Å². The van der Waals surface area contributed by atoms with E-state index in [9.17, 15) is 9.18 Å². The van der Waals surface area contributed by atoms with Gasteiger partial charge < -0.3 is 15.0 Å². The molecule has 0 atom stereocenters. The first-order chi connectivity index (χ1) is 12.0. The third-order valence-electron chi connectivity index (χ3n) is 4.46. The molecular weight excluding hydrogens is 389 g/mol. The molecule has 0 amide bonds. The molecule has 1 aliphatic rings. The van der Waals surface area contributed by atoms with Crippen molar-refractivity contribution in [1.29, 1.82) is 0 Å². The van der Waals surface area contributed by atoms with Crippen LogP contribution in [-0.4, -0.2) is 50.6 Å². The van der Waals surface area contributed by atoms with Crippen molar-refractivity contribution in [2.75, 3.05) is 33.8 Å². The number of aryl methyl sites for hydroxylation is 1. The largest absolute Gasteiger partial charge is 0.469 e. The van der Waals surface area contributed by atoms with E-state index in [1.165, 1.54) is 13.2 Å². The number of benzene rings is 1. The number of rotatable bonds is 5. The van der Waals surface area contributed by atoms with Gasteiger partial charge in [0.2, 0.25) is 0 Å². The maximum absolute atomic E-state index is 13.8. The number of piperidine rings is 1. The quantitative estimate of drug-likeness (QED) is 0.349. The van der Waals surface area contributed by atoms with Gasteiger partial charge in [0, 0.05) is 31.2 Å². The summed E-state index contributed by atoms with van der Waals surface area (Å²) in [4.78, 5) is 18.0. The van der Waals surface area contributed by atoms with Crippen LogP contribution >= 0.6 is 15.9 Å². The Morgan fingerprint density at radius 3 is 2.76 bits per heavy atom. The van der Waals surface area contributed by atoms with Gasteiger partial charge in [-0.3, -0.25) is 9.79 Å². The number of carbonyl (C=O) groups is 1. The number of esters is 1. The minimum Gasteiger partial charge on any atom is -0.469 e. The normalized spacial score (nSPS) is 16.0. The molecule has 25 heavy (non-hydrogen) atoms. The van der Waals surface area contributed by atoms with Gasteiger partial charge >= 0.3 is 5.97 Å². The lowest BCUT2D eigenvalue weighted by Gasteiger charge is -2.33. The number of guanidine groups is 1. The number of hydrogen-bond donors (Lipinski definition) is 1. The highest BCUT2D eigenvalue weighted by molar-refractivity contribution is 9.10. The van der Waals surface area contributed by atoms with Crippen molar-refractivity contribution in [3.05, 3.63) is 34.1 Å². The first-order valence-corrected chi connectivity index (χ1v) is 9.31.